The van der Waals surface area contributed by atoms with Crippen LogP contribution in [0.1, 0.15) is 0 Å². The van der Waals surface area contributed by atoms with Crippen molar-refractivity contribution in [2.75, 3.05) is 0 Å². The molecule has 1 nitrogen and oxygen atoms in total. The molecule has 19 heavy (non-hydrogen) atoms. The molecule has 0 bridgehead atoms. The van der Waals surface area contributed by atoms with Crippen molar-refractivity contribution in [3.8, 4) is 16.9 Å². The lowest BCUT2D eigenvalue weighted by Crippen LogP contribution is -1.91. The van der Waals surface area contributed by atoms with Crippen molar-refractivity contribution in [3.05, 3.63) is 18.2 Å². The number of hydrogen-bond donors (Lipinski definition) is 7. The lowest BCUT2D eigenvalue weighted by atomic mass is 10.0. The average molecular weight is 363 g/mol. The van der Waals surface area contributed by atoms with E-state index in [1.807, 2.05) is 0 Å². The quantitative estimate of drug-likeness (QED) is 0.364. The average Bonchev–Trinajstić information content (AvgIpc) is 2.39. The maximum atomic E-state index is 10.1. The molecule has 2 rings (SSSR count). The summed E-state index contributed by atoms with van der Waals surface area (Å²) in [6.07, 6.45) is 0. The van der Waals surface area contributed by atoms with E-state index in [2.05, 4.69) is 75.8 Å². The van der Waals surface area contributed by atoms with Gasteiger partial charge in [0.05, 0.1) is 0 Å². The molecule has 100 valence electrons. The summed E-state index contributed by atoms with van der Waals surface area (Å²) in [6.45, 7) is 0. The Morgan fingerprint density at radius 2 is 1.16 bits per heavy atom. The Hall–Kier alpha value is 0.340. The lowest BCUT2D eigenvalue weighted by molar-refractivity contribution is 0.464. The highest BCUT2D eigenvalue weighted by Gasteiger charge is 2.19. The predicted octanol–water partition coefficient (Wildman–Crippen LogP) is 4.79. The van der Waals surface area contributed by atoms with E-state index >= 15 is 0 Å². The van der Waals surface area contributed by atoms with Crippen molar-refractivity contribution in [1.29, 1.82) is 0 Å². The molecule has 7 heteroatoms. The van der Waals surface area contributed by atoms with Gasteiger partial charge < -0.3 is 5.11 Å². The van der Waals surface area contributed by atoms with Crippen LogP contribution in [0.15, 0.2) is 47.6 Å². The number of phenols is 1. The highest BCUT2D eigenvalue weighted by molar-refractivity contribution is 7.87. The van der Waals surface area contributed by atoms with Gasteiger partial charge in [0.15, 0.2) is 0 Å². The second-order valence-electron chi connectivity index (χ2n) is 3.79. The lowest BCUT2D eigenvalue weighted by Gasteiger charge is -2.17. The molecular weight excluding hydrogens is 353 g/mol. The summed E-state index contributed by atoms with van der Waals surface area (Å²) in [5.41, 5.74) is 1.24. The van der Waals surface area contributed by atoms with E-state index in [9.17, 15) is 5.11 Å². The molecule has 1 N–H and O–H groups in total. The zero-order valence-electron chi connectivity index (χ0n) is 9.36. The molecule has 0 saturated carbocycles. The minimum Gasteiger partial charge on any atom is -0.506 e. The monoisotopic (exact) mass is 362 g/mol. The third-order valence-electron chi connectivity index (χ3n) is 2.65. The fraction of sp³-hybridized carbons (Fsp3) is 0. The van der Waals surface area contributed by atoms with Crippen molar-refractivity contribution >= 4 is 75.8 Å². The van der Waals surface area contributed by atoms with Gasteiger partial charge in [0.1, 0.15) is 5.75 Å². The molecule has 0 aromatic heterocycles. The van der Waals surface area contributed by atoms with Crippen LogP contribution in [0.25, 0.3) is 11.1 Å². The highest BCUT2D eigenvalue weighted by Crippen LogP contribution is 2.47. The van der Waals surface area contributed by atoms with E-state index in [0.717, 1.165) is 0 Å². The first kappa shape index (κ1) is 15.7. The van der Waals surface area contributed by atoms with Crippen LogP contribution in [0.5, 0.6) is 5.75 Å². The van der Waals surface area contributed by atoms with Crippen molar-refractivity contribution in [1.82, 2.24) is 0 Å². The van der Waals surface area contributed by atoms with E-state index in [1.165, 1.54) is 0 Å². The van der Waals surface area contributed by atoms with Crippen molar-refractivity contribution in [2.45, 2.75) is 29.4 Å². The molecule has 0 aliphatic heterocycles. The number of phenolic OH excluding ortho intramolecular Hbond substituents is 1. The number of rotatable bonds is 1. The molecule has 0 fully saturated rings. The fourth-order valence-electron chi connectivity index (χ4n) is 1.67. The van der Waals surface area contributed by atoms with Gasteiger partial charge in [-0.3, -0.25) is 0 Å². The topological polar surface area (TPSA) is 20.2 Å². The van der Waals surface area contributed by atoms with Gasteiger partial charge in [-0.15, -0.1) is 75.8 Å². The Balaban J connectivity index is 2.87. The van der Waals surface area contributed by atoms with Crippen LogP contribution < -0.4 is 0 Å². The molecule has 0 heterocycles. The maximum absolute atomic E-state index is 10.1. The summed E-state index contributed by atoms with van der Waals surface area (Å²) in [7, 11) is 0. The Kier molecular flexibility index (Phi) is 4.96. The number of hydrogen-bond acceptors (Lipinski definition) is 7. The van der Waals surface area contributed by atoms with Crippen LogP contribution in [0, 0.1) is 0 Å². The van der Waals surface area contributed by atoms with Crippen LogP contribution in [-0.2, 0) is 0 Å². The maximum Gasteiger partial charge on any atom is 0.136 e. The van der Waals surface area contributed by atoms with Gasteiger partial charge in [-0.05, 0) is 6.07 Å². The molecule has 0 spiro atoms. The third-order valence-corrected chi connectivity index (χ3v) is 5.96. The van der Waals surface area contributed by atoms with E-state index < -0.39 is 0 Å². The molecule has 0 unspecified atom stereocenters. The molecule has 2 aromatic carbocycles. The Morgan fingerprint density at radius 1 is 0.684 bits per heavy atom. The van der Waals surface area contributed by atoms with Gasteiger partial charge in [0, 0.05) is 40.5 Å². The zero-order chi connectivity index (χ0) is 14.3. The zero-order valence-corrected chi connectivity index (χ0v) is 14.7. The first-order chi connectivity index (χ1) is 8.86. The number of para-hydroxylation sites is 1. The summed E-state index contributed by atoms with van der Waals surface area (Å²) < 4.78 is 0. The molecule has 0 radical (unpaired) electrons. The van der Waals surface area contributed by atoms with Gasteiger partial charge >= 0.3 is 0 Å². The molecule has 0 amide bonds. The van der Waals surface area contributed by atoms with Gasteiger partial charge in [-0.25, -0.2) is 0 Å². The second kappa shape index (κ2) is 5.99. The standard InChI is InChI=1S/C12H10OS6/c13-7-4(2-1-3-5(7)14)6-8(15)10(17)12(19)11(18)9(6)16/h1-3,13-19H. The SMILES string of the molecule is Oc1c(S)cccc1-c1c(S)c(S)c(S)c(S)c1S. The normalized spacial score (nSPS) is 10.8. The summed E-state index contributed by atoms with van der Waals surface area (Å²) in [4.78, 5) is 3.44. The first-order valence-corrected chi connectivity index (χ1v) is 7.74. The highest BCUT2D eigenvalue weighted by atomic mass is 32.1. The van der Waals surface area contributed by atoms with E-state index in [0.29, 0.717) is 40.5 Å². The van der Waals surface area contributed by atoms with Crippen LogP contribution in [0.4, 0.5) is 0 Å². The number of aromatic hydroxyl groups is 1. The largest absolute Gasteiger partial charge is 0.506 e. The molecule has 0 saturated heterocycles. The second-order valence-corrected chi connectivity index (χ2v) is 6.51. The van der Waals surface area contributed by atoms with Gasteiger partial charge in [-0.2, -0.15) is 0 Å². The molecule has 0 aliphatic rings. The summed E-state index contributed by atoms with van der Waals surface area (Å²) >= 11 is 26.2. The summed E-state index contributed by atoms with van der Waals surface area (Å²) in [6, 6.07) is 5.26. The Bertz CT molecular complexity index is 639. The summed E-state index contributed by atoms with van der Waals surface area (Å²) in [5, 5.41) is 10.1. The van der Waals surface area contributed by atoms with Crippen molar-refractivity contribution in [2.24, 2.45) is 0 Å². The number of benzene rings is 2. The van der Waals surface area contributed by atoms with Crippen LogP contribution >= 0.6 is 75.8 Å². The minimum absolute atomic E-state index is 0.0730. The fourth-order valence-corrected chi connectivity index (χ4v) is 3.59. The van der Waals surface area contributed by atoms with Gasteiger partial charge in [-0.1, -0.05) is 12.1 Å². The molecule has 0 aliphatic carbocycles. The Labute approximate surface area is 144 Å². The minimum atomic E-state index is 0.0730. The Morgan fingerprint density at radius 3 is 1.68 bits per heavy atom. The molecule has 2 aromatic rings. The van der Waals surface area contributed by atoms with E-state index in [-0.39, 0.29) is 5.75 Å². The van der Waals surface area contributed by atoms with Crippen LogP contribution in [0.2, 0.25) is 0 Å². The van der Waals surface area contributed by atoms with Gasteiger partial charge in [0.2, 0.25) is 0 Å². The van der Waals surface area contributed by atoms with E-state index in [4.69, 9.17) is 0 Å². The van der Waals surface area contributed by atoms with Gasteiger partial charge in [0.25, 0.3) is 0 Å². The van der Waals surface area contributed by atoms with Crippen molar-refractivity contribution in [3.63, 3.8) is 0 Å². The first-order valence-electron chi connectivity index (χ1n) is 5.06. The van der Waals surface area contributed by atoms with Crippen LogP contribution in [-0.4, -0.2) is 5.11 Å². The van der Waals surface area contributed by atoms with Crippen molar-refractivity contribution < 1.29 is 5.11 Å². The summed E-state index contributed by atoms with van der Waals surface area (Å²) in [5.74, 6) is 0.0730. The predicted molar refractivity (Wildman–Crippen MR) is 97.1 cm³/mol. The molecule has 0 atom stereocenters. The molecular formula is C12H10OS6. The smallest absolute Gasteiger partial charge is 0.136 e. The van der Waals surface area contributed by atoms with E-state index in [1.54, 1.807) is 18.2 Å². The number of thiol groups is 6. The van der Waals surface area contributed by atoms with Crippen LogP contribution in [0.3, 0.4) is 0 Å². The third kappa shape index (κ3) is 2.73.